The Morgan fingerprint density at radius 1 is 1.26 bits per heavy atom. The minimum absolute atomic E-state index is 0.0865. The molecule has 1 aromatic rings. The van der Waals surface area contributed by atoms with Crippen LogP contribution < -0.4 is 0 Å². The minimum atomic E-state index is -1.12. The SMILES string of the molecule is N#Cc1ccc(CN(CC(=O)O)CC(=O)O)c(Cl)c1. The number of carbonyl (C=O) groups is 2. The molecule has 6 nitrogen and oxygen atoms in total. The van der Waals surface area contributed by atoms with Crippen LogP contribution in [-0.2, 0) is 16.1 Å². The number of benzene rings is 1. The molecular formula is C12H11ClN2O4. The van der Waals surface area contributed by atoms with E-state index in [0.717, 1.165) is 0 Å². The summed E-state index contributed by atoms with van der Waals surface area (Å²) in [6.45, 7) is -0.714. The lowest BCUT2D eigenvalue weighted by Crippen LogP contribution is -2.34. The Morgan fingerprint density at radius 2 is 1.84 bits per heavy atom. The third-order valence-electron chi connectivity index (χ3n) is 2.29. The number of aliphatic carboxylic acids is 2. The van der Waals surface area contributed by atoms with E-state index in [1.54, 1.807) is 12.1 Å². The van der Waals surface area contributed by atoms with E-state index in [2.05, 4.69) is 0 Å². The van der Waals surface area contributed by atoms with Gasteiger partial charge in [-0.3, -0.25) is 14.5 Å². The first-order valence-electron chi connectivity index (χ1n) is 5.27. The molecule has 0 radical (unpaired) electrons. The van der Waals surface area contributed by atoms with E-state index < -0.39 is 25.0 Å². The van der Waals surface area contributed by atoms with Crippen molar-refractivity contribution in [3.63, 3.8) is 0 Å². The Morgan fingerprint density at radius 3 is 2.26 bits per heavy atom. The average Bonchev–Trinajstić information content (AvgIpc) is 2.30. The lowest BCUT2D eigenvalue weighted by molar-refractivity contribution is -0.142. The van der Waals surface area contributed by atoms with Gasteiger partial charge in [0.15, 0.2) is 0 Å². The van der Waals surface area contributed by atoms with Crippen molar-refractivity contribution in [1.29, 1.82) is 5.26 Å². The number of rotatable bonds is 6. The van der Waals surface area contributed by atoms with Gasteiger partial charge in [-0.1, -0.05) is 17.7 Å². The molecule has 1 rings (SSSR count). The first kappa shape index (κ1) is 15.0. The van der Waals surface area contributed by atoms with Gasteiger partial charge >= 0.3 is 11.9 Å². The highest BCUT2D eigenvalue weighted by molar-refractivity contribution is 6.31. The Balaban J connectivity index is 2.86. The van der Waals surface area contributed by atoms with Gasteiger partial charge in [0.1, 0.15) is 0 Å². The fourth-order valence-corrected chi connectivity index (χ4v) is 1.78. The monoisotopic (exact) mass is 282 g/mol. The summed E-state index contributed by atoms with van der Waals surface area (Å²) < 4.78 is 0. The number of carboxylic acid groups (broad SMARTS) is 2. The van der Waals surface area contributed by atoms with E-state index in [9.17, 15) is 9.59 Å². The molecule has 0 aliphatic heterocycles. The van der Waals surface area contributed by atoms with E-state index in [1.165, 1.54) is 11.0 Å². The summed E-state index contributed by atoms with van der Waals surface area (Å²) >= 11 is 5.95. The van der Waals surface area contributed by atoms with Crippen LogP contribution in [0.3, 0.4) is 0 Å². The molecule has 0 aliphatic rings. The maximum Gasteiger partial charge on any atom is 0.317 e. The first-order chi connectivity index (χ1) is 8.92. The quantitative estimate of drug-likeness (QED) is 0.812. The Labute approximate surface area is 114 Å². The molecule has 19 heavy (non-hydrogen) atoms. The van der Waals surface area contributed by atoms with Gasteiger partial charge < -0.3 is 10.2 Å². The van der Waals surface area contributed by atoms with Gasteiger partial charge in [-0.2, -0.15) is 5.26 Å². The Kier molecular flexibility index (Phi) is 5.30. The summed E-state index contributed by atoms with van der Waals surface area (Å²) in [6.07, 6.45) is 0. The van der Waals surface area contributed by atoms with E-state index in [1.807, 2.05) is 6.07 Å². The highest BCUT2D eigenvalue weighted by Crippen LogP contribution is 2.19. The molecule has 0 unspecified atom stereocenters. The van der Waals surface area contributed by atoms with Crippen molar-refractivity contribution in [3.05, 3.63) is 34.3 Å². The van der Waals surface area contributed by atoms with Gasteiger partial charge in [0.2, 0.25) is 0 Å². The minimum Gasteiger partial charge on any atom is -0.480 e. The molecule has 100 valence electrons. The molecule has 7 heteroatoms. The van der Waals surface area contributed by atoms with E-state index in [0.29, 0.717) is 16.1 Å². The lowest BCUT2D eigenvalue weighted by atomic mass is 10.1. The molecule has 0 amide bonds. The standard InChI is InChI=1S/C12H11ClN2O4/c13-10-3-8(4-14)1-2-9(10)5-15(6-11(16)17)7-12(18)19/h1-3H,5-7H2,(H,16,17)(H,18,19). The summed E-state index contributed by atoms with van der Waals surface area (Å²) in [5.74, 6) is -2.24. The molecule has 0 aliphatic carbocycles. The normalized spacial score (nSPS) is 10.2. The molecule has 0 heterocycles. The molecule has 2 N–H and O–H groups in total. The zero-order valence-electron chi connectivity index (χ0n) is 9.84. The highest BCUT2D eigenvalue weighted by Gasteiger charge is 2.15. The fraction of sp³-hybridized carbons (Fsp3) is 0.250. The van der Waals surface area contributed by atoms with Crippen LogP contribution in [0.4, 0.5) is 0 Å². The van der Waals surface area contributed by atoms with E-state index in [-0.39, 0.29) is 6.54 Å². The highest BCUT2D eigenvalue weighted by atomic mass is 35.5. The van der Waals surface area contributed by atoms with Gasteiger partial charge in [-0.05, 0) is 17.7 Å². The van der Waals surface area contributed by atoms with Crippen molar-refractivity contribution in [3.8, 4) is 6.07 Å². The van der Waals surface area contributed by atoms with Crippen molar-refractivity contribution in [2.24, 2.45) is 0 Å². The van der Waals surface area contributed by atoms with Gasteiger partial charge in [-0.15, -0.1) is 0 Å². The molecule has 1 aromatic carbocycles. The Hall–Kier alpha value is -2.10. The van der Waals surface area contributed by atoms with Gasteiger partial charge in [-0.25, -0.2) is 0 Å². The smallest absolute Gasteiger partial charge is 0.317 e. The predicted octanol–water partition coefficient (Wildman–Crippen LogP) is 1.18. The van der Waals surface area contributed by atoms with E-state index >= 15 is 0 Å². The zero-order chi connectivity index (χ0) is 14.4. The number of nitrogens with zero attached hydrogens (tertiary/aromatic N) is 2. The second-order valence-electron chi connectivity index (χ2n) is 3.85. The van der Waals surface area contributed by atoms with Crippen LogP contribution in [0.2, 0.25) is 5.02 Å². The number of hydrogen-bond donors (Lipinski definition) is 2. The number of nitriles is 1. The molecule has 0 spiro atoms. The molecular weight excluding hydrogens is 272 g/mol. The largest absolute Gasteiger partial charge is 0.480 e. The second kappa shape index (κ2) is 6.73. The molecule has 0 saturated heterocycles. The maximum atomic E-state index is 10.7. The number of carboxylic acids is 2. The summed E-state index contributed by atoms with van der Waals surface area (Å²) in [6, 6.07) is 6.50. The number of hydrogen-bond acceptors (Lipinski definition) is 4. The van der Waals surface area contributed by atoms with Crippen LogP contribution in [0.25, 0.3) is 0 Å². The van der Waals surface area contributed by atoms with Gasteiger partial charge in [0, 0.05) is 11.6 Å². The van der Waals surface area contributed by atoms with Crippen molar-refractivity contribution in [2.75, 3.05) is 13.1 Å². The van der Waals surface area contributed by atoms with Gasteiger partial charge in [0.05, 0.1) is 24.7 Å². The first-order valence-corrected chi connectivity index (χ1v) is 5.64. The molecule has 0 atom stereocenters. The molecule has 0 bridgehead atoms. The van der Waals surface area contributed by atoms with Crippen LogP contribution >= 0.6 is 11.6 Å². The van der Waals surface area contributed by atoms with Crippen LogP contribution in [-0.4, -0.2) is 40.1 Å². The summed E-state index contributed by atoms with van der Waals surface area (Å²) in [5.41, 5.74) is 0.958. The summed E-state index contributed by atoms with van der Waals surface area (Å²) in [4.78, 5) is 22.5. The second-order valence-corrected chi connectivity index (χ2v) is 4.26. The van der Waals surface area contributed by atoms with Crippen LogP contribution in [0.1, 0.15) is 11.1 Å². The Bertz CT molecular complexity index is 523. The van der Waals surface area contributed by atoms with Gasteiger partial charge in [0.25, 0.3) is 0 Å². The van der Waals surface area contributed by atoms with Crippen LogP contribution in [0.5, 0.6) is 0 Å². The summed E-state index contributed by atoms with van der Waals surface area (Å²) in [5, 5.41) is 26.4. The van der Waals surface area contributed by atoms with Crippen molar-refractivity contribution < 1.29 is 19.8 Å². The van der Waals surface area contributed by atoms with E-state index in [4.69, 9.17) is 27.1 Å². The molecule has 0 saturated carbocycles. The van der Waals surface area contributed by atoms with Crippen LogP contribution in [0, 0.1) is 11.3 Å². The third kappa shape index (κ3) is 4.95. The number of halogens is 1. The third-order valence-corrected chi connectivity index (χ3v) is 2.65. The van der Waals surface area contributed by atoms with Crippen molar-refractivity contribution >= 4 is 23.5 Å². The topological polar surface area (TPSA) is 102 Å². The average molecular weight is 283 g/mol. The van der Waals surface area contributed by atoms with Crippen molar-refractivity contribution in [2.45, 2.75) is 6.54 Å². The predicted molar refractivity (Wildman–Crippen MR) is 66.7 cm³/mol. The van der Waals surface area contributed by atoms with Crippen LogP contribution in [0.15, 0.2) is 18.2 Å². The fourth-order valence-electron chi connectivity index (χ4n) is 1.54. The van der Waals surface area contributed by atoms with Crippen molar-refractivity contribution in [1.82, 2.24) is 4.90 Å². The maximum absolute atomic E-state index is 10.7. The zero-order valence-corrected chi connectivity index (χ0v) is 10.6. The molecule has 0 aromatic heterocycles. The molecule has 0 fully saturated rings. The lowest BCUT2D eigenvalue weighted by Gasteiger charge is -2.18. The summed E-state index contributed by atoms with van der Waals surface area (Å²) in [7, 11) is 0.